The van der Waals surface area contributed by atoms with Gasteiger partial charge in [0.1, 0.15) is 0 Å². The summed E-state index contributed by atoms with van der Waals surface area (Å²) < 4.78 is 2.06. The summed E-state index contributed by atoms with van der Waals surface area (Å²) in [7, 11) is 0. The Hall–Kier alpha value is -2.60. The topological polar surface area (TPSA) is 58.9 Å². The van der Waals surface area contributed by atoms with Crippen LogP contribution in [-0.2, 0) is 5.41 Å². The van der Waals surface area contributed by atoms with E-state index in [0.717, 1.165) is 11.1 Å². The summed E-state index contributed by atoms with van der Waals surface area (Å²) in [6.45, 7) is 6.59. The molecule has 0 saturated carbocycles. The third-order valence-electron chi connectivity index (χ3n) is 3.69. The second kappa shape index (κ2) is 6.49. The summed E-state index contributed by atoms with van der Waals surface area (Å²) in [6, 6.07) is 12.1. The van der Waals surface area contributed by atoms with Crippen molar-refractivity contribution < 1.29 is 0 Å². The van der Waals surface area contributed by atoms with Crippen molar-refractivity contribution in [3.8, 4) is 11.4 Å². The highest BCUT2D eigenvalue weighted by molar-refractivity contribution is 7.71. The highest BCUT2D eigenvalue weighted by Gasteiger charge is 2.12. The van der Waals surface area contributed by atoms with Gasteiger partial charge < -0.3 is 0 Å². The molecule has 0 spiro atoms. The fourth-order valence-corrected chi connectivity index (χ4v) is 2.46. The van der Waals surface area contributed by atoms with Crippen molar-refractivity contribution in [2.45, 2.75) is 26.2 Å². The Morgan fingerprint density at radius 1 is 1.08 bits per heavy atom. The van der Waals surface area contributed by atoms with Gasteiger partial charge in [-0.2, -0.15) is 14.9 Å². The van der Waals surface area contributed by atoms with Crippen molar-refractivity contribution in [1.29, 1.82) is 0 Å². The van der Waals surface area contributed by atoms with Gasteiger partial charge in [-0.1, -0.05) is 45.0 Å². The van der Waals surface area contributed by atoms with Crippen molar-refractivity contribution in [3.05, 3.63) is 64.7 Å². The van der Waals surface area contributed by atoms with Gasteiger partial charge in [-0.3, -0.25) is 4.98 Å². The Kier molecular flexibility index (Phi) is 4.40. The van der Waals surface area contributed by atoms with Gasteiger partial charge in [-0.25, -0.2) is 5.10 Å². The number of hydrogen-bond acceptors (Lipinski definition) is 4. The van der Waals surface area contributed by atoms with Crippen LogP contribution in [0.25, 0.3) is 11.4 Å². The predicted molar refractivity (Wildman–Crippen MR) is 98.8 cm³/mol. The van der Waals surface area contributed by atoms with Crippen LogP contribution in [-0.4, -0.2) is 26.1 Å². The minimum absolute atomic E-state index is 0.136. The lowest BCUT2D eigenvalue weighted by Crippen LogP contribution is -2.10. The Labute approximate surface area is 146 Å². The lowest BCUT2D eigenvalue weighted by molar-refractivity contribution is 0.590. The number of aromatic nitrogens is 4. The molecule has 0 fully saturated rings. The first kappa shape index (κ1) is 16.3. The minimum Gasteiger partial charge on any atom is -0.265 e. The third kappa shape index (κ3) is 3.49. The molecular weight excluding hydrogens is 318 g/mol. The summed E-state index contributed by atoms with van der Waals surface area (Å²) in [5, 5.41) is 11.5. The summed E-state index contributed by atoms with van der Waals surface area (Å²) in [4.78, 5) is 4.02. The molecule has 0 atom stereocenters. The van der Waals surface area contributed by atoms with Crippen molar-refractivity contribution in [3.63, 3.8) is 0 Å². The van der Waals surface area contributed by atoms with Crippen molar-refractivity contribution in [1.82, 2.24) is 19.9 Å². The Morgan fingerprint density at radius 3 is 2.38 bits per heavy atom. The third-order valence-corrected chi connectivity index (χ3v) is 3.95. The first-order valence-electron chi connectivity index (χ1n) is 7.68. The maximum Gasteiger partial charge on any atom is 0.216 e. The fourth-order valence-electron chi connectivity index (χ4n) is 2.28. The molecule has 0 aliphatic heterocycles. The number of nitrogens with one attached hydrogen (secondary N) is 1. The molecule has 0 unspecified atom stereocenters. The molecule has 24 heavy (non-hydrogen) atoms. The minimum atomic E-state index is 0.136. The number of hydrogen-bond donors (Lipinski definition) is 1. The van der Waals surface area contributed by atoms with Gasteiger partial charge in [0.2, 0.25) is 4.77 Å². The quantitative estimate of drug-likeness (QED) is 0.576. The Bertz CT molecular complexity index is 899. The van der Waals surface area contributed by atoms with Gasteiger partial charge in [0.05, 0.1) is 6.21 Å². The summed E-state index contributed by atoms with van der Waals surface area (Å²) in [5.41, 5.74) is 3.33. The van der Waals surface area contributed by atoms with E-state index in [1.807, 2.05) is 12.1 Å². The second-order valence-electron chi connectivity index (χ2n) is 6.52. The van der Waals surface area contributed by atoms with Crippen LogP contribution in [0.15, 0.2) is 53.9 Å². The molecule has 2 aromatic heterocycles. The molecular formula is C18H19N5S. The molecule has 2 heterocycles. The van der Waals surface area contributed by atoms with Crippen LogP contribution < -0.4 is 0 Å². The zero-order valence-electron chi connectivity index (χ0n) is 13.9. The van der Waals surface area contributed by atoms with E-state index in [1.54, 1.807) is 23.3 Å². The van der Waals surface area contributed by atoms with Crippen LogP contribution >= 0.6 is 12.2 Å². The zero-order chi connectivity index (χ0) is 17.2. The average molecular weight is 337 g/mol. The zero-order valence-corrected chi connectivity index (χ0v) is 14.7. The smallest absolute Gasteiger partial charge is 0.216 e. The van der Waals surface area contributed by atoms with Crippen molar-refractivity contribution in [2.75, 3.05) is 0 Å². The lowest BCUT2D eigenvalue weighted by atomic mass is 9.87. The van der Waals surface area contributed by atoms with Crippen LogP contribution in [0.2, 0.25) is 0 Å². The van der Waals surface area contributed by atoms with Gasteiger partial charge >= 0.3 is 0 Å². The number of rotatable bonds is 3. The Balaban J connectivity index is 1.91. The van der Waals surface area contributed by atoms with Crippen LogP contribution in [0.3, 0.4) is 0 Å². The monoisotopic (exact) mass is 337 g/mol. The molecule has 1 N–H and O–H groups in total. The standard InChI is InChI=1S/C18H19N5S/c1-18(2,3)15-6-4-13(5-7-15)12-20-23-16(21-22-17(23)24)14-8-10-19-11-9-14/h4-12H,1-3H3,(H,22,24). The maximum absolute atomic E-state index is 5.27. The van der Waals surface area contributed by atoms with Gasteiger partial charge in [0, 0.05) is 18.0 Å². The first-order valence-corrected chi connectivity index (χ1v) is 8.09. The molecule has 0 amide bonds. The summed E-state index contributed by atoms with van der Waals surface area (Å²) >= 11 is 5.27. The first-order chi connectivity index (χ1) is 11.4. The molecule has 5 nitrogen and oxygen atoms in total. The van der Waals surface area contributed by atoms with Crippen molar-refractivity contribution in [2.24, 2.45) is 5.10 Å². The molecule has 3 aromatic rings. The SMILES string of the molecule is CC(C)(C)c1ccc(C=Nn2c(-c3ccncc3)n[nH]c2=S)cc1. The summed E-state index contributed by atoms with van der Waals surface area (Å²) in [5.74, 6) is 0.657. The lowest BCUT2D eigenvalue weighted by Gasteiger charge is -2.18. The molecule has 1 aromatic carbocycles. The Morgan fingerprint density at radius 2 is 1.75 bits per heavy atom. The highest BCUT2D eigenvalue weighted by atomic mass is 32.1. The number of pyridine rings is 1. The number of aromatic amines is 1. The second-order valence-corrected chi connectivity index (χ2v) is 6.90. The van der Waals surface area contributed by atoms with E-state index in [2.05, 4.69) is 65.3 Å². The van der Waals surface area contributed by atoms with Crippen LogP contribution in [0, 0.1) is 4.77 Å². The van der Waals surface area contributed by atoms with Crippen molar-refractivity contribution >= 4 is 18.4 Å². The normalized spacial score (nSPS) is 12.0. The predicted octanol–water partition coefficient (Wildman–Crippen LogP) is 4.18. The average Bonchev–Trinajstić information content (AvgIpc) is 2.94. The van der Waals surface area contributed by atoms with E-state index in [0.29, 0.717) is 10.6 Å². The fraction of sp³-hybridized carbons (Fsp3) is 0.222. The van der Waals surface area contributed by atoms with E-state index in [1.165, 1.54) is 5.56 Å². The molecule has 122 valence electrons. The molecule has 0 radical (unpaired) electrons. The number of benzene rings is 1. The van der Waals surface area contributed by atoms with E-state index in [9.17, 15) is 0 Å². The molecule has 0 aliphatic carbocycles. The van der Waals surface area contributed by atoms with E-state index in [4.69, 9.17) is 12.2 Å². The van der Waals surface area contributed by atoms with Gasteiger partial charge in [-0.05, 0) is 40.9 Å². The van der Waals surface area contributed by atoms with Gasteiger partial charge in [-0.15, -0.1) is 0 Å². The van der Waals surface area contributed by atoms with Gasteiger partial charge in [0.15, 0.2) is 5.82 Å². The number of nitrogens with zero attached hydrogens (tertiary/aromatic N) is 4. The molecule has 6 heteroatoms. The maximum atomic E-state index is 5.27. The summed E-state index contributed by atoms with van der Waals surface area (Å²) in [6.07, 6.45) is 5.21. The molecule has 0 saturated heterocycles. The largest absolute Gasteiger partial charge is 0.265 e. The highest BCUT2D eigenvalue weighted by Crippen LogP contribution is 2.22. The molecule has 0 aliphatic rings. The van der Waals surface area contributed by atoms with E-state index >= 15 is 0 Å². The molecule has 0 bridgehead atoms. The van der Waals surface area contributed by atoms with E-state index in [-0.39, 0.29) is 5.41 Å². The van der Waals surface area contributed by atoms with Crippen LogP contribution in [0.1, 0.15) is 31.9 Å². The van der Waals surface area contributed by atoms with Crippen LogP contribution in [0.5, 0.6) is 0 Å². The molecule has 3 rings (SSSR count). The van der Waals surface area contributed by atoms with Gasteiger partial charge in [0.25, 0.3) is 0 Å². The van der Waals surface area contributed by atoms with Crippen LogP contribution in [0.4, 0.5) is 0 Å². The van der Waals surface area contributed by atoms with E-state index < -0.39 is 0 Å². The number of H-pyrrole nitrogens is 1.